The lowest BCUT2D eigenvalue weighted by atomic mass is 10.0. The van der Waals surface area contributed by atoms with Crippen LogP contribution in [0.1, 0.15) is 25.1 Å². The maximum absolute atomic E-state index is 12.9. The van der Waals surface area contributed by atoms with Crippen LogP contribution in [0.4, 0.5) is 4.39 Å². The second-order valence-corrected chi connectivity index (χ2v) is 4.83. The highest BCUT2D eigenvalue weighted by molar-refractivity contribution is 5.31. The highest BCUT2D eigenvalue weighted by Gasteiger charge is 2.17. The van der Waals surface area contributed by atoms with Crippen molar-refractivity contribution in [3.8, 4) is 5.69 Å². The number of benzene rings is 1. The second-order valence-electron chi connectivity index (χ2n) is 4.83. The molecule has 100 valence electrons. The maximum atomic E-state index is 12.9. The zero-order valence-electron chi connectivity index (χ0n) is 10.6. The fourth-order valence-corrected chi connectivity index (χ4v) is 2.43. The van der Waals surface area contributed by atoms with Crippen LogP contribution in [-0.2, 0) is 6.42 Å². The van der Waals surface area contributed by atoms with Gasteiger partial charge in [0.2, 0.25) is 0 Å². The van der Waals surface area contributed by atoms with Crippen LogP contribution in [0, 0.1) is 5.82 Å². The topological polar surface area (TPSA) is 55.6 Å². The fraction of sp³-hybridized carbons (Fsp3) is 0.462. The first-order valence-electron chi connectivity index (χ1n) is 6.59. The Kier molecular flexibility index (Phi) is 3.50. The molecule has 1 unspecified atom stereocenters. The van der Waals surface area contributed by atoms with Crippen LogP contribution in [0.5, 0.6) is 0 Å². The number of nitrogens with zero attached hydrogens (tertiary/aromatic N) is 4. The number of rotatable bonds is 3. The standard InChI is InChI=1S/C13H16FN5/c14-10-4-6-12(7-5-10)19-13(16-17-18-19)9-11-3-1-2-8-15-11/h4-7,11,15H,1-3,8-9H2. The SMILES string of the molecule is Fc1ccc(-n2nnnc2CC2CCCCN2)cc1. The molecule has 6 heteroatoms. The summed E-state index contributed by atoms with van der Waals surface area (Å²) in [6.07, 6.45) is 4.43. The van der Waals surface area contributed by atoms with E-state index < -0.39 is 0 Å². The van der Waals surface area contributed by atoms with E-state index in [0.29, 0.717) is 6.04 Å². The van der Waals surface area contributed by atoms with Crippen LogP contribution in [0.3, 0.4) is 0 Å². The average Bonchev–Trinajstić information content (AvgIpc) is 2.89. The van der Waals surface area contributed by atoms with E-state index in [4.69, 9.17) is 0 Å². The number of hydrogen-bond donors (Lipinski definition) is 1. The number of hydrogen-bond acceptors (Lipinski definition) is 4. The molecule has 2 heterocycles. The van der Waals surface area contributed by atoms with Crippen molar-refractivity contribution in [2.24, 2.45) is 0 Å². The van der Waals surface area contributed by atoms with E-state index in [2.05, 4.69) is 20.8 Å². The number of piperidine rings is 1. The van der Waals surface area contributed by atoms with E-state index in [-0.39, 0.29) is 5.82 Å². The quantitative estimate of drug-likeness (QED) is 0.909. The van der Waals surface area contributed by atoms with Crippen molar-refractivity contribution >= 4 is 0 Å². The van der Waals surface area contributed by atoms with Gasteiger partial charge in [-0.2, -0.15) is 4.68 Å². The molecule has 5 nitrogen and oxygen atoms in total. The lowest BCUT2D eigenvalue weighted by molar-refractivity contribution is 0.392. The van der Waals surface area contributed by atoms with E-state index in [9.17, 15) is 4.39 Å². The minimum atomic E-state index is -0.257. The Labute approximate surface area is 110 Å². The van der Waals surface area contributed by atoms with Crippen LogP contribution >= 0.6 is 0 Å². The van der Waals surface area contributed by atoms with Gasteiger partial charge in [0.25, 0.3) is 0 Å². The van der Waals surface area contributed by atoms with Crippen LogP contribution in [0.25, 0.3) is 5.69 Å². The van der Waals surface area contributed by atoms with E-state index in [0.717, 1.165) is 30.9 Å². The van der Waals surface area contributed by atoms with Gasteiger partial charge in [-0.15, -0.1) is 5.10 Å². The molecule has 0 spiro atoms. The predicted octanol–water partition coefficient (Wildman–Crippen LogP) is 1.49. The Morgan fingerprint density at radius 1 is 1.26 bits per heavy atom. The summed E-state index contributed by atoms with van der Waals surface area (Å²) in [5.41, 5.74) is 0.789. The molecule has 1 N–H and O–H groups in total. The minimum absolute atomic E-state index is 0.257. The van der Waals surface area contributed by atoms with E-state index >= 15 is 0 Å². The molecule has 1 aromatic carbocycles. The third-order valence-corrected chi connectivity index (χ3v) is 3.45. The Balaban J connectivity index is 1.79. The molecule has 0 aliphatic carbocycles. The van der Waals surface area contributed by atoms with Crippen molar-refractivity contribution in [2.75, 3.05) is 6.54 Å². The Bertz CT molecular complexity index is 530. The van der Waals surface area contributed by atoms with Gasteiger partial charge in [0.15, 0.2) is 5.82 Å². The number of halogens is 1. The van der Waals surface area contributed by atoms with Crippen LogP contribution in [0.2, 0.25) is 0 Å². The number of nitrogens with one attached hydrogen (secondary N) is 1. The first kappa shape index (κ1) is 12.2. The molecule has 2 aromatic rings. The minimum Gasteiger partial charge on any atom is -0.314 e. The van der Waals surface area contributed by atoms with Crippen LogP contribution < -0.4 is 5.32 Å². The lowest BCUT2D eigenvalue weighted by Crippen LogP contribution is -2.36. The van der Waals surface area contributed by atoms with Gasteiger partial charge in [-0.1, -0.05) is 6.42 Å². The molecule has 0 radical (unpaired) electrons. The van der Waals surface area contributed by atoms with Crippen molar-refractivity contribution < 1.29 is 4.39 Å². The molecule has 1 aliphatic heterocycles. The summed E-state index contributed by atoms with van der Waals surface area (Å²) in [4.78, 5) is 0. The fourth-order valence-electron chi connectivity index (χ4n) is 2.43. The van der Waals surface area contributed by atoms with Gasteiger partial charge >= 0.3 is 0 Å². The molecule has 1 saturated heterocycles. The molecule has 0 saturated carbocycles. The van der Waals surface area contributed by atoms with Gasteiger partial charge in [-0.25, -0.2) is 4.39 Å². The zero-order valence-corrected chi connectivity index (χ0v) is 10.6. The smallest absolute Gasteiger partial charge is 0.158 e. The summed E-state index contributed by atoms with van der Waals surface area (Å²) < 4.78 is 14.6. The third kappa shape index (κ3) is 2.78. The molecular formula is C13H16FN5. The van der Waals surface area contributed by atoms with Crippen molar-refractivity contribution in [3.05, 3.63) is 35.9 Å². The summed E-state index contributed by atoms with van der Waals surface area (Å²) >= 11 is 0. The number of tetrazole rings is 1. The molecular weight excluding hydrogens is 245 g/mol. The highest BCUT2D eigenvalue weighted by atomic mass is 19.1. The normalized spacial score (nSPS) is 19.5. The van der Waals surface area contributed by atoms with Gasteiger partial charge in [-0.05, 0) is 54.1 Å². The van der Waals surface area contributed by atoms with Crippen molar-refractivity contribution in [3.63, 3.8) is 0 Å². The first-order valence-corrected chi connectivity index (χ1v) is 6.59. The van der Waals surface area contributed by atoms with Gasteiger partial charge < -0.3 is 5.32 Å². The van der Waals surface area contributed by atoms with Crippen LogP contribution in [-0.4, -0.2) is 32.8 Å². The molecule has 0 amide bonds. The molecule has 0 bridgehead atoms. The number of aromatic nitrogens is 4. The Morgan fingerprint density at radius 2 is 2.11 bits per heavy atom. The Morgan fingerprint density at radius 3 is 2.84 bits per heavy atom. The molecule has 1 atom stereocenters. The molecule has 1 aromatic heterocycles. The van der Waals surface area contributed by atoms with Gasteiger partial charge in [0.1, 0.15) is 5.82 Å². The van der Waals surface area contributed by atoms with Crippen LogP contribution in [0.15, 0.2) is 24.3 Å². The van der Waals surface area contributed by atoms with E-state index in [1.807, 2.05) is 0 Å². The molecule has 19 heavy (non-hydrogen) atoms. The first-order chi connectivity index (χ1) is 9.33. The second kappa shape index (κ2) is 5.44. The average molecular weight is 261 g/mol. The third-order valence-electron chi connectivity index (χ3n) is 3.45. The molecule has 1 fully saturated rings. The summed E-state index contributed by atoms with van der Waals surface area (Å²) in [6, 6.07) is 6.63. The van der Waals surface area contributed by atoms with Gasteiger partial charge in [0, 0.05) is 12.5 Å². The van der Waals surface area contributed by atoms with Gasteiger partial charge in [-0.3, -0.25) is 0 Å². The van der Waals surface area contributed by atoms with Crippen molar-refractivity contribution in [1.82, 2.24) is 25.5 Å². The van der Waals surface area contributed by atoms with E-state index in [1.165, 1.54) is 25.0 Å². The van der Waals surface area contributed by atoms with Crippen molar-refractivity contribution in [2.45, 2.75) is 31.7 Å². The largest absolute Gasteiger partial charge is 0.314 e. The summed E-state index contributed by atoms with van der Waals surface area (Å²) in [5.74, 6) is 0.554. The van der Waals surface area contributed by atoms with Crippen molar-refractivity contribution in [1.29, 1.82) is 0 Å². The maximum Gasteiger partial charge on any atom is 0.158 e. The monoisotopic (exact) mass is 261 g/mol. The molecule has 3 rings (SSSR count). The predicted molar refractivity (Wildman–Crippen MR) is 68.5 cm³/mol. The summed E-state index contributed by atoms with van der Waals surface area (Å²) in [5, 5.41) is 15.3. The summed E-state index contributed by atoms with van der Waals surface area (Å²) in [6.45, 7) is 1.06. The molecule has 1 aliphatic rings. The Hall–Kier alpha value is -1.82. The zero-order chi connectivity index (χ0) is 13.1. The summed E-state index contributed by atoms with van der Waals surface area (Å²) in [7, 11) is 0. The van der Waals surface area contributed by atoms with E-state index in [1.54, 1.807) is 16.8 Å². The lowest BCUT2D eigenvalue weighted by Gasteiger charge is -2.22. The van der Waals surface area contributed by atoms with Gasteiger partial charge in [0.05, 0.1) is 5.69 Å². The highest BCUT2D eigenvalue weighted by Crippen LogP contribution is 2.14.